The molecule has 0 aliphatic carbocycles. The number of aromatic nitrogens is 1. The fourth-order valence-corrected chi connectivity index (χ4v) is 3.40. The Hall–Kier alpha value is -1.98. The van der Waals surface area contributed by atoms with E-state index in [1.807, 2.05) is 30.0 Å². The van der Waals surface area contributed by atoms with Gasteiger partial charge >= 0.3 is 0 Å². The van der Waals surface area contributed by atoms with Crippen LogP contribution in [0.5, 0.6) is 0 Å². The van der Waals surface area contributed by atoms with Gasteiger partial charge in [0.2, 0.25) is 0 Å². The number of rotatable bonds is 4. The van der Waals surface area contributed by atoms with Crippen LogP contribution in [0.15, 0.2) is 42.6 Å². The topological polar surface area (TPSA) is 36.4 Å². The maximum Gasteiger partial charge on any atom is 0.265 e. The summed E-state index contributed by atoms with van der Waals surface area (Å²) in [6.07, 6.45) is 6.04. The third-order valence-corrected chi connectivity index (χ3v) is 4.87. The highest BCUT2D eigenvalue weighted by Gasteiger charge is 2.22. The van der Waals surface area contributed by atoms with Gasteiger partial charge < -0.3 is 4.90 Å². The predicted molar refractivity (Wildman–Crippen MR) is 94.7 cm³/mol. The van der Waals surface area contributed by atoms with Crippen LogP contribution in [0.3, 0.4) is 0 Å². The summed E-state index contributed by atoms with van der Waals surface area (Å²) in [6, 6.07) is 10.3. The van der Waals surface area contributed by atoms with Crippen LogP contribution in [-0.2, 0) is 0 Å². The molecule has 2 aromatic rings. The van der Waals surface area contributed by atoms with Gasteiger partial charge in [-0.05, 0) is 12.5 Å². The molecule has 0 atom stereocenters. The van der Waals surface area contributed by atoms with Crippen molar-refractivity contribution in [3.63, 3.8) is 0 Å². The van der Waals surface area contributed by atoms with Gasteiger partial charge in [-0.2, -0.15) is 0 Å². The molecule has 0 bridgehead atoms. The van der Waals surface area contributed by atoms with E-state index in [9.17, 15) is 4.79 Å². The van der Waals surface area contributed by atoms with Crippen LogP contribution in [-0.4, -0.2) is 53.4 Å². The molecule has 23 heavy (non-hydrogen) atoms. The molecular weight excluding hydrogens is 306 g/mol. The quantitative estimate of drug-likeness (QED) is 0.866. The second-order valence-electron chi connectivity index (χ2n) is 5.65. The van der Waals surface area contributed by atoms with E-state index in [1.165, 1.54) is 16.9 Å². The molecule has 1 aliphatic heterocycles. The average molecular weight is 327 g/mol. The Labute approximate surface area is 141 Å². The molecule has 1 aromatic carbocycles. The highest BCUT2D eigenvalue weighted by atomic mass is 32.1. The van der Waals surface area contributed by atoms with Gasteiger partial charge in [0.05, 0.1) is 11.2 Å². The summed E-state index contributed by atoms with van der Waals surface area (Å²) in [5.41, 5.74) is 1.22. The monoisotopic (exact) mass is 327 g/mol. The van der Waals surface area contributed by atoms with Crippen molar-refractivity contribution in [2.45, 2.75) is 6.92 Å². The highest BCUT2D eigenvalue weighted by Crippen LogP contribution is 2.15. The number of thiazole rings is 1. The third-order valence-electron chi connectivity index (χ3n) is 3.97. The van der Waals surface area contributed by atoms with Crippen molar-refractivity contribution in [2.75, 3.05) is 32.7 Å². The van der Waals surface area contributed by atoms with Gasteiger partial charge in [0, 0.05) is 32.7 Å². The fraction of sp³-hybridized carbons (Fsp3) is 0.333. The Kier molecular flexibility index (Phi) is 5.20. The zero-order valence-electron chi connectivity index (χ0n) is 13.3. The largest absolute Gasteiger partial charge is 0.335 e. The molecule has 0 unspecified atom stereocenters. The SMILES string of the molecule is Cc1ncc(C(=O)N2CCN(C/C=C/c3ccccc3)CC2)s1. The summed E-state index contributed by atoms with van der Waals surface area (Å²) in [5.74, 6) is 0.120. The van der Waals surface area contributed by atoms with E-state index in [0.29, 0.717) is 0 Å². The number of nitrogens with zero attached hydrogens (tertiary/aromatic N) is 3. The lowest BCUT2D eigenvalue weighted by molar-refractivity contribution is 0.0655. The van der Waals surface area contributed by atoms with Gasteiger partial charge in [0.25, 0.3) is 5.91 Å². The Balaban J connectivity index is 1.47. The number of hydrogen-bond donors (Lipinski definition) is 0. The lowest BCUT2D eigenvalue weighted by Crippen LogP contribution is -2.48. The first-order valence-electron chi connectivity index (χ1n) is 7.88. The van der Waals surface area contributed by atoms with Crippen LogP contribution < -0.4 is 0 Å². The summed E-state index contributed by atoms with van der Waals surface area (Å²) in [7, 11) is 0. The summed E-state index contributed by atoms with van der Waals surface area (Å²) < 4.78 is 0. The van der Waals surface area contributed by atoms with Crippen LogP contribution in [0.1, 0.15) is 20.2 Å². The maximum atomic E-state index is 12.4. The third kappa shape index (κ3) is 4.27. The molecule has 1 aliphatic rings. The van der Waals surface area contributed by atoms with E-state index >= 15 is 0 Å². The predicted octanol–water partition coefficient (Wildman–Crippen LogP) is 2.92. The van der Waals surface area contributed by atoms with Gasteiger partial charge in [0.15, 0.2) is 0 Å². The molecule has 5 heteroatoms. The number of piperazine rings is 1. The van der Waals surface area contributed by atoms with Gasteiger partial charge in [-0.3, -0.25) is 9.69 Å². The van der Waals surface area contributed by atoms with Crippen molar-refractivity contribution in [1.82, 2.24) is 14.8 Å². The van der Waals surface area contributed by atoms with Crippen LogP contribution in [0, 0.1) is 6.92 Å². The standard InChI is InChI=1S/C18H21N3OS/c1-15-19-14-17(23-15)18(22)21-12-10-20(11-13-21)9-5-8-16-6-3-2-4-7-16/h2-8,14H,9-13H2,1H3/b8-5+. The van der Waals surface area contributed by atoms with Crippen molar-refractivity contribution in [3.05, 3.63) is 58.1 Å². The van der Waals surface area contributed by atoms with E-state index in [4.69, 9.17) is 0 Å². The lowest BCUT2D eigenvalue weighted by Gasteiger charge is -2.33. The Morgan fingerprint density at radius 1 is 1.22 bits per heavy atom. The van der Waals surface area contributed by atoms with Crippen LogP contribution in [0.4, 0.5) is 0 Å². The Morgan fingerprint density at radius 3 is 2.61 bits per heavy atom. The molecule has 1 amide bonds. The molecule has 0 saturated carbocycles. The first-order valence-corrected chi connectivity index (χ1v) is 8.70. The van der Waals surface area contributed by atoms with Crippen LogP contribution >= 0.6 is 11.3 Å². The van der Waals surface area contributed by atoms with E-state index in [2.05, 4.69) is 34.2 Å². The second kappa shape index (κ2) is 7.53. The molecule has 3 rings (SSSR count). The van der Waals surface area contributed by atoms with Crippen molar-refractivity contribution < 1.29 is 4.79 Å². The number of benzene rings is 1. The maximum absolute atomic E-state index is 12.4. The van der Waals surface area contributed by atoms with E-state index in [0.717, 1.165) is 42.6 Å². The molecule has 4 nitrogen and oxygen atoms in total. The number of amides is 1. The normalized spacial score (nSPS) is 16.1. The summed E-state index contributed by atoms with van der Waals surface area (Å²) >= 11 is 1.47. The minimum atomic E-state index is 0.120. The Bertz CT molecular complexity index is 673. The first kappa shape index (κ1) is 15.9. The van der Waals surface area contributed by atoms with Crippen LogP contribution in [0.2, 0.25) is 0 Å². The molecular formula is C18H21N3OS. The number of hydrogen-bond acceptors (Lipinski definition) is 4. The molecule has 0 radical (unpaired) electrons. The van der Waals surface area contributed by atoms with Crippen molar-refractivity contribution in [3.8, 4) is 0 Å². The molecule has 0 spiro atoms. The fourth-order valence-electron chi connectivity index (χ4n) is 2.65. The zero-order chi connectivity index (χ0) is 16.1. The van der Waals surface area contributed by atoms with Crippen molar-refractivity contribution in [2.24, 2.45) is 0 Å². The van der Waals surface area contributed by atoms with E-state index < -0.39 is 0 Å². The Morgan fingerprint density at radius 2 is 1.96 bits per heavy atom. The summed E-state index contributed by atoms with van der Waals surface area (Å²) in [4.78, 5) is 21.6. The lowest BCUT2D eigenvalue weighted by atomic mass is 10.2. The van der Waals surface area contributed by atoms with E-state index in [1.54, 1.807) is 6.20 Å². The smallest absolute Gasteiger partial charge is 0.265 e. The minimum absolute atomic E-state index is 0.120. The molecule has 1 saturated heterocycles. The number of carbonyl (C=O) groups is 1. The molecule has 1 aromatic heterocycles. The van der Waals surface area contributed by atoms with Crippen LogP contribution in [0.25, 0.3) is 6.08 Å². The van der Waals surface area contributed by atoms with E-state index in [-0.39, 0.29) is 5.91 Å². The number of aryl methyl sites for hydroxylation is 1. The van der Waals surface area contributed by atoms with Gasteiger partial charge in [0.1, 0.15) is 4.88 Å². The van der Waals surface area contributed by atoms with Gasteiger partial charge in [-0.15, -0.1) is 11.3 Å². The average Bonchev–Trinajstić information content (AvgIpc) is 3.02. The molecule has 0 N–H and O–H groups in total. The summed E-state index contributed by atoms with van der Waals surface area (Å²) in [5, 5.41) is 0.943. The molecule has 1 fully saturated rings. The molecule has 120 valence electrons. The van der Waals surface area contributed by atoms with Crippen molar-refractivity contribution >= 4 is 23.3 Å². The minimum Gasteiger partial charge on any atom is -0.335 e. The zero-order valence-corrected chi connectivity index (χ0v) is 14.1. The highest BCUT2D eigenvalue weighted by molar-refractivity contribution is 7.13. The van der Waals surface area contributed by atoms with Gasteiger partial charge in [-0.25, -0.2) is 4.98 Å². The van der Waals surface area contributed by atoms with Crippen molar-refractivity contribution in [1.29, 1.82) is 0 Å². The second-order valence-corrected chi connectivity index (χ2v) is 6.88. The van der Waals surface area contributed by atoms with Gasteiger partial charge in [-0.1, -0.05) is 42.5 Å². The summed E-state index contributed by atoms with van der Waals surface area (Å²) in [6.45, 7) is 6.27. The first-order chi connectivity index (χ1) is 11.2. The number of carbonyl (C=O) groups excluding carboxylic acids is 1. The molecule has 2 heterocycles.